The monoisotopic (exact) mass is 485 g/mol. The minimum absolute atomic E-state index is 0.141. The third-order valence-electron chi connectivity index (χ3n) is 7.30. The van der Waals surface area contributed by atoms with Crippen molar-refractivity contribution in [2.24, 2.45) is 0 Å². The van der Waals surface area contributed by atoms with Crippen molar-refractivity contribution in [1.82, 2.24) is 10.2 Å². The molecule has 2 aliphatic rings. The summed E-state index contributed by atoms with van der Waals surface area (Å²) in [5, 5.41) is 4.95. The van der Waals surface area contributed by atoms with E-state index < -0.39 is 6.04 Å². The SMILES string of the molecule is COc1cccc(CN(C(=O)CN2C(=O)c3cccc4cccc2c34)[C@@H](C)C(=O)NC2CCCC2)c1. The van der Waals surface area contributed by atoms with E-state index in [0.717, 1.165) is 47.7 Å². The van der Waals surface area contributed by atoms with Crippen LogP contribution in [0.5, 0.6) is 5.75 Å². The molecule has 1 N–H and O–H groups in total. The number of hydrogen-bond acceptors (Lipinski definition) is 4. The molecule has 5 rings (SSSR count). The zero-order chi connectivity index (χ0) is 25.2. The topological polar surface area (TPSA) is 79.0 Å². The molecule has 0 aromatic heterocycles. The average molecular weight is 486 g/mol. The normalized spacial score (nSPS) is 15.8. The third kappa shape index (κ3) is 4.53. The van der Waals surface area contributed by atoms with E-state index in [2.05, 4.69) is 5.32 Å². The van der Waals surface area contributed by atoms with Gasteiger partial charge < -0.3 is 15.0 Å². The molecule has 3 aromatic rings. The van der Waals surface area contributed by atoms with Crippen LogP contribution in [0.1, 0.15) is 48.5 Å². The fourth-order valence-electron chi connectivity index (χ4n) is 5.30. The zero-order valence-electron chi connectivity index (χ0n) is 20.7. The van der Waals surface area contributed by atoms with Gasteiger partial charge in [-0.15, -0.1) is 0 Å². The molecule has 0 spiro atoms. The van der Waals surface area contributed by atoms with E-state index in [-0.39, 0.29) is 36.9 Å². The maximum atomic E-state index is 13.8. The molecule has 0 radical (unpaired) electrons. The highest BCUT2D eigenvalue weighted by molar-refractivity contribution is 6.26. The van der Waals surface area contributed by atoms with Crippen molar-refractivity contribution in [3.05, 3.63) is 71.8 Å². The number of hydrogen-bond donors (Lipinski definition) is 1. The lowest BCUT2D eigenvalue weighted by Gasteiger charge is -2.31. The molecular formula is C29H31N3O4. The minimum atomic E-state index is -0.694. The molecule has 1 aliphatic heterocycles. The fourth-order valence-corrected chi connectivity index (χ4v) is 5.30. The first kappa shape index (κ1) is 23.9. The van der Waals surface area contributed by atoms with Crippen molar-refractivity contribution >= 4 is 34.2 Å². The van der Waals surface area contributed by atoms with E-state index >= 15 is 0 Å². The maximum Gasteiger partial charge on any atom is 0.259 e. The number of rotatable bonds is 8. The third-order valence-corrected chi connectivity index (χ3v) is 7.30. The molecule has 1 aliphatic carbocycles. The summed E-state index contributed by atoms with van der Waals surface area (Å²) < 4.78 is 5.35. The summed E-state index contributed by atoms with van der Waals surface area (Å²) in [6, 6.07) is 18.3. The number of benzene rings is 3. The molecule has 0 unspecified atom stereocenters. The van der Waals surface area contributed by atoms with Crippen LogP contribution < -0.4 is 15.0 Å². The predicted molar refractivity (Wildman–Crippen MR) is 139 cm³/mol. The van der Waals surface area contributed by atoms with Crippen LogP contribution in [-0.4, -0.2) is 48.4 Å². The van der Waals surface area contributed by atoms with Gasteiger partial charge in [0.25, 0.3) is 5.91 Å². The van der Waals surface area contributed by atoms with Gasteiger partial charge in [-0.25, -0.2) is 0 Å². The van der Waals surface area contributed by atoms with Crippen LogP contribution in [0.4, 0.5) is 5.69 Å². The Labute approximate surface area is 211 Å². The lowest BCUT2D eigenvalue weighted by Crippen LogP contribution is -2.52. The number of methoxy groups -OCH3 is 1. The number of nitrogens with one attached hydrogen (secondary N) is 1. The summed E-state index contributed by atoms with van der Waals surface area (Å²) in [5.41, 5.74) is 2.18. The van der Waals surface area contributed by atoms with Gasteiger partial charge in [0.15, 0.2) is 0 Å². The molecule has 186 valence electrons. The molecular weight excluding hydrogens is 454 g/mol. The Morgan fingerprint density at radius 3 is 2.56 bits per heavy atom. The number of carbonyl (C=O) groups excluding carboxylic acids is 3. The van der Waals surface area contributed by atoms with E-state index in [1.807, 2.05) is 54.6 Å². The Morgan fingerprint density at radius 2 is 1.81 bits per heavy atom. The van der Waals surface area contributed by atoms with Crippen LogP contribution in [0, 0.1) is 0 Å². The average Bonchev–Trinajstić information content (AvgIpc) is 3.50. The predicted octanol–water partition coefficient (Wildman–Crippen LogP) is 4.28. The Hall–Kier alpha value is -3.87. The number of ether oxygens (including phenoxy) is 1. The summed E-state index contributed by atoms with van der Waals surface area (Å²) in [7, 11) is 1.59. The van der Waals surface area contributed by atoms with Gasteiger partial charge in [0.1, 0.15) is 18.3 Å². The van der Waals surface area contributed by atoms with E-state index in [1.165, 1.54) is 4.90 Å². The molecule has 1 heterocycles. The Balaban J connectivity index is 1.41. The van der Waals surface area contributed by atoms with Crippen LogP contribution in [0.25, 0.3) is 10.8 Å². The van der Waals surface area contributed by atoms with Crippen LogP contribution in [0.3, 0.4) is 0 Å². The molecule has 1 atom stereocenters. The summed E-state index contributed by atoms with van der Waals surface area (Å²) >= 11 is 0. The van der Waals surface area contributed by atoms with Gasteiger partial charge in [0.05, 0.1) is 12.8 Å². The van der Waals surface area contributed by atoms with Crippen molar-refractivity contribution in [2.75, 3.05) is 18.6 Å². The highest BCUT2D eigenvalue weighted by Crippen LogP contribution is 2.37. The summed E-state index contributed by atoms with van der Waals surface area (Å²) in [6.45, 7) is 1.84. The van der Waals surface area contributed by atoms with Crippen molar-refractivity contribution < 1.29 is 19.1 Å². The molecule has 1 saturated carbocycles. The van der Waals surface area contributed by atoms with Gasteiger partial charge >= 0.3 is 0 Å². The quantitative estimate of drug-likeness (QED) is 0.517. The Kier molecular flexibility index (Phi) is 6.63. The molecule has 36 heavy (non-hydrogen) atoms. The smallest absolute Gasteiger partial charge is 0.259 e. The second-order valence-corrected chi connectivity index (χ2v) is 9.61. The molecule has 0 saturated heterocycles. The van der Waals surface area contributed by atoms with E-state index in [4.69, 9.17) is 4.74 Å². The molecule has 7 heteroatoms. The highest BCUT2D eigenvalue weighted by Gasteiger charge is 2.34. The molecule has 1 fully saturated rings. The Bertz CT molecular complexity index is 1310. The van der Waals surface area contributed by atoms with E-state index in [0.29, 0.717) is 11.3 Å². The van der Waals surface area contributed by atoms with Crippen molar-refractivity contribution in [2.45, 2.75) is 51.2 Å². The van der Waals surface area contributed by atoms with E-state index in [1.54, 1.807) is 25.0 Å². The first-order valence-corrected chi connectivity index (χ1v) is 12.5. The molecule has 0 bridgehead atoms. The second kappa shape index (κ2) is 10.0. The highest BCUT2D eigenvalue weighted by atomic mass is 16.5. The van der Waals surface area contributed by atoms with Crippen LogP contribution in [0.15, 0.2) is 60.7 Å². The van der Waals surface area contributed by atoms with Gasteiger partial charge in [0.2, 0.25) is 11.8 Å². The maximum absolute atomic E-state index is 13.8. The van der Waals surface area contributed by atoms with Crippen molar-refractivity contribution in [3.63, 3.8) is 0 Å². The second-order valence-electron chi connectivity index (χ2n) is 9.61. The van der Waals surface area contributed by atoms with Gasteiger partial charge in [-0.3, -0.25) is 19.3 Å². The number of nitrogens with zero attached hydrogens (tertiary/aromatic N) is 2. The van der Waals surface area contributed by atoms with Gasteiger partial charge in [0, 0.05) is 23.5 Å². The van der Waals surface area contributed by atoms with Crippen LogP contribution in [0.2, 0.25) is 0 Å². The number of anilines is 1. The summed E-state index contributed by atoms with van der Waals surface area (Å²) in [4.78, 5) is 43.3. The molecule has 3 aromatic carbocycles. The lowest BCUT2D eigenvalue weighted by atomic mass is 10.1. The largest absolute Gasteiger partial charge is 0.497 e. The van der Waals surface area contributed by atoms with E-state index in [9.17, 15) is 14.4 Å². The Morgan fingerprint density at radius 1 is 1.08 bits per heavy atom. The standard InChI is InChI=1S/C29H31N3O4/c1-19(28(34)30-22-11-3-4-12-22)31(17-20-8-5-13-23(16-20)36-2)26(33)18-32-25-15-7-10-21-9-6-14-24(27(21)25)29(32)35/h5-10,13-16,19,22H,3-4,11-12,17-18H2,1-2H3,(H,30,34)/t19-/m0/s1. The minimum Gasteiger partial charge on any atom is -0.497 e. The number of carbonyl (C=O) groups is 3. The van der Waals surface area contributed by atoms with Crippen LogP contribution >= 0.6 is 0 Å². The molecule has 7 nitrogen and oxygen atoms in total. The van der Waals surface area contributed by atoms with Crippen molar-refractivity contribution in [3.8, 4) is 5.75 Å². The van der Waals surface area contributed by atoms with Gasteiger partial charge in [-0.2, -0.15) is 0 Å². The zero-order valence-corrected chi connectivity index (χ0v) is 20.7. The van der Waals surface area contributed by atoms with Gasteiger partial charge in [-0.05, 0) is 55.0 Å². The number of amides is 3. The molecule has 3 amide bonds. The van der Waals surface area contributed by atoms with Crippen molar-refractivity contribution in [1.29, 1.82) is 0 Å². The lowest BCUT2D eigenvalue weighted by molar-refractivity contribution is -0.139. The fraction of sp³-hybridized carbons (Fsp3) is 0.345. The van der Waals surface area contributed by atoms with Gasteiger partial charge in [-0.1, -0.05) is 49.2 Å². The summed E-state index contributed by atoms with van der Waals surface area (Å²) in [6.07, 6.45) is 4.14. The first-order chi connectivity index (χ1) is 17.5. The summed E-state index contributed by atoms with van der Waals surface area (Å²) in [5.74, 6) is 0.0284. The first-order valence-electron chi connectivity index (χ1n) is 12.5. The van der Waals surface area contributed by atoms with Crippen LogP contribution in [-0.2, 0) is 16.1 Å².